The number of hydrogen-bond acceptors (Lipinski definition) is 4. The van der Waals surface area contributed by atoms with E-state index in [1.807, 2.05) is 27.7 Å². The van der Waals surface area contributed by atoms with Crippen LogP contribution in [0.3, 0.4) is 0 Å². The highest BCUT2D eigenvalue weighted by atomic mass is 32.1. The first kappa shape index (κ1) is 18.4. The largest absolute Gasteiger partial charge is 0.586 e. The van der Waals surface area contributed by atoms with Gasteiger partial charge in [0, 0.05) is 23.2 Å². The van der Waals surface area contributed by atoms with Crippen LogP contribution in [0.2, 0.25) is 0 Å². The second-order valence-electron chi connectivity index (χ2n) is 6.39. The first-order chi connectivity index (χ1) is 12.1. The third kappa shape index (κ3) is 3.87. The number of amides is 2. The molecule has 26 heavy (non-hydrogen) atoms. The maximum atomic E-state index is 13.2. The second-order valence-corrected chi connectivity index (χ2v) is 7.60. The number of rotatable bonds is 3. The summed E-state index contributed by atoms with van der Waals surface area (Å²) < 4.78 is 36.9. The number of carbonyl (C=O) groups is 1. The SMILES string of the molecule is Cc1cn(-c2ccc3c(c2)OC(F)(F)O3)/c(=N/C(=O)NC(C)C(C)C)s1. The molecule has 2 heterocycles. The van der Waals surface area contributed by atoms with Gasteiger partial charge in [-0.05, 0) is 31.9 Å². The summed E-state index contributed by atoms with van der Waals surface area (Å²) in [5.74, 6) is 0.183. The number of nitrogens with one attached hydrogen (secondary N) is 1. The number of benzene rings is 1. The van der Waals surface area contributed by atoms with Gasteiger partial charge in [0.25, 0.3) is 0 Å². The number of ether oxygens (including phenoxy) is 2. The van der Waals surface area contributed by atoms with E-state index in [1.165, 1.54) is 23.5 Å². The third-order valence-corrected chi connectivity index (χ3v) is 4.88. The van der Waals surface area contributed by atoms with E-state index in [-0.39, 0.29) is 23.5 Å². The molecule has 0 aliphatic carbocycles. The Morgan fingerprint density at radius 3 is 2.65 bits per heavy atom. The number of hydrogen-bond donors (Lipinski definition) is 1. The van der Waals surface area contributed by atoms with Gasteiger partial charge in [0.15, 0.2) is 16.3 Å². The van der Waals surface area contributed by atoms with Crippen LogP contribution in [0.25, 0.3) is 5.69 Å². The van der Waals surface area contributed by atoms with Crippen LogP contribution in [0, 0.1) is 12.8 Å². The lowest BCUT2D eigenvalue weighted by molar-refractivity contribution is -0.286. The molecule has 0 fully saturated rings. The lowest BCUT2D eigenvalue weighted by Crippen LogP contribution is -2.35. The van der Waals surface area contributed by atoms with Gasteiger partial charge < -0.3 is 14.8 Å². The van der Waals surface area contributed by atoms with Crippen LogP contribution >= 0.6 is 11.3 Å². The minimum Gasteiger partial charge on any atom is -0.395 e. The van der Waals surface area contributed by atoms with Gasteiger partial charge in [-0.1, -0.05) is 13.8 Å². The Morgan fingerprint density at radius 2 is 1.96 bits per heavy atom. The molecule has 9 heteroatoms. The maximum Gasteiger partial charge on any atom is 0.586 e. The number of alkyl halides is 2. The summed E-state index contributed by atoms with van der Waals surface area (Å²) in [4.78, 5) is 17.6. The zero-order valence-electron chi connectivity index (χ0n) is 14.7. The number of fused-ring (bicyclic) bond motifs is 1. The summed E-state index contributed by atoms with van der Waals surface area (Å²) in [6, 6.07) is 3.96. The average Bonchev–Trinajstić information content (AvgIpc) is 3.03. The van der Waals surface area contributed by atoms with Crippen molar-refractivity contribution >= 4 is 17.4 Å². The van der Waals surface area contributed by atoms with Crippen molar-refractivity contribution < 1.29 is 23.0 Å². The molecule has 3 rings (SSSR count). The Hall–Kier alpha value is -2.42. The van der Waals surface area contributed by atoms with Crippen LogP contribution in [-0.4, -0.2) is 22.9 Å². The quantitative estimate of drug-likeness (QED) is 0.876. The highest BCUT2D eigenvalue weighted by Gasteiger charge is 2.43. The molecule has 1 aromatic carbocycles. The average molecular weight is 383 g/mol. The van der Waals surface area contributed by atoms with Gasteiger partial charge in [-0.2, -0.15) is 4.99 Å². The van der Waals surface area contributed by atoms with Crippen molar-refractivity contribution in [3.05, 3.63) is 34.1 Å². The van der Waals surface area contributed by atoms with Crippen LogP contribution in [0.5, 0.6) is 11.5 Å². The third-order valence-electron chi connectivity index (χ3n) is 3.98. The molecule has 1 unspecified atom stereocenters. The van der Waals surface area contributed by atoms with E-state index in [2.05, 4.69) is 19.8 Å². The van der Waals surface area contributed by atoms with E-state index in [4.69, 9.17) is 0 Å². The molecule has 0 radical (unpaired) electrons. The van der Waals surface area contributed by atoms with Crippen LogP contribution in [0.15, 0.2) is 29.4 Å². The lowest BCUT2D eigenvalue weighted by Gasteiger charge is -2.15. The van der Waals surface area contributed by atoms with Crippen LogP contribution in [-0.2, 0) is 0 Å². The van der Waals surface area contributed by atoms with E-state index in [1.54, 1.807) is 16.8 Å². The molecule has 2 aromatic rings. The normalized spacial score (nSPS) is 16.8. The number of thiazole rings is 1. The van der Waals surface area contributed by atoms with E-state index < -0.39 is 12.3 Å². The van der Waals surface area contributed by atoms with E-state index in [0.717, 1.165) is 4.88 Å². The fourth-order valence-corrected chi connectivity index (χ4v) is 3.12. The standard InChI is InChI=1S/C17H19F2N3O3S/c1-9(2)11(4)20-15(23)21-16-22(8-10(3)26-16)12-5-6-13-14(7-12)25-17(18,19)24-13/h5-9,11H,1-4H3,(H,20,23)/b21-16-. The number of aromatic nitrogens is 1. The van der Waals surface area contributed by atoms with Gasteiger partial charge in [-0.15, -0.1) is 20.1 Å². The fourth-order valence-electron chi connectivity index (χ4n) is 2.29. The number of nitrogens with zero attached hydrogens (tertiary/aromatic N) is 2. The van der Waals surface area contributed by atoms with Gasteiger partial charge in [0.1, 0.15) is 0 Å². The number of carbonyl (C=O) groups excluding carboxylic acids is 1. The topological polar surface area (TPSA) is 64.8 Å². The first-order valence-electron chi connectivity index (χ1n) is 8.09. The predicted octanol–water partition coefficient (Wildman–Crippen LogP) is 3.82. The molecule has 0 saturated heterocycles. The number of urea groups is 1. The Balaban J connectivity index is 1.94. The van der Waals surface area contributed by atoms with Crippen molar-refractivity contribution in [2.75, 3.05) is 0 Å². The zero-order valence-corrected chi connectivity index (χ0v) is 15.6. The van der Waals surface area contributed by atoms with E-state index >= 15 is 0 Å². The van der Waals surface area contributed by atoms with E-state index in [9.17, 15) is 13.6 Å². The summed E-state index contributed by atoms with van der Waals surface area (Å²) in [6.07, 6.45) is -1.89. The highest BCUT2D eigenvalue weighted by molar-refractivity contribution is 7.09. The monoisotopic (exact) mass is 383 g/mol. The summed E-state index contributed by atoms with van der Waals surface area (Å²) in [7, 11) is 0. The Morgan fingerprint density at radius 1 is 1.27 bits per heavy atom. The second kappa shape index (κ2) is 6.71. The van der Waals surface area contributed by atoms with Gasteiger partial charge in [-0.25, -0.2) is 4.79 Å². The Labute approximate surface area is 153 Å². The zero-order chi connectivity index (χ0) is 19.1. The van der Waals surface area contributed by atoms with Crippen LogP contribution in [0.1, 0.15) is 25.6 Å². The lowest BCUT2D eigenvalue weighted by atomic mass is 10.1. The Kier molecular flexibility index (Phi) is 4.74. The maximum absolute atomic E-state index is 13.2. The summed E-state index contributed by atoms with van der Waals surface area (Å²) in [6.45, 7) is 7.78. The number of halogens is 2. The van der Waals surface area contributed by atoms with Crippen molar-refractivity contribution in [3.63, 3.8) is 0 Å². The summed E-state index contributed by atoms with van der Waals surface area (Å²) in [5, 5.41) is 2.81. The van der Waals surface area contributed by atoms with Crippen molar-refractivity contribution in [2.45, 2.75) is 40.0 Å². The van der Waals surface area contributed by atoms with Crippen LogP contribution in [0.4, 0.5) is 13.6 Å². The minimum atomic E-state index is -3.67. The molecule has 2 amide bonds. The summed E-state index contributed by atoms with van der Waals surface area (Å²) >= 11 is 1.32. The highest BCUT2D eigenvalue weighted by Crippen LogP contribution is 2.41. The molecular formula is C17H19F2N3O3S. The summed E-state index contributed by atoms with van der Waals surface area (Å²) in [5.41, 5.74) is 0.540. The smallest absolute Gasteiger partial charge is 0.395 e. The van der Waals surface area contributed by atoms with Gasteiger partial charge in [0.2, 0.25) is 0 Å². The molecule has 1 aromatic heterocycles. The van der Waals surface area contributed by atoms with Crippen molar-refractivity contribution in [2.24, 2.45) is 10.9 Å². The molecule has 1 aliphatic rings. The molecule has 1 atom stereocenters. The molecule has 0 spiro atoms. The predicted molar refractivity (Wildman–Crippen MR) is 93.0 cm³/mol. The molecule has 1 aliphatic heterocycles. The first-order valence-corrected chi connectivity index (χ1v) is 8.91. The minimum absolute atomic E-state index is 0.0199. The van der Waals surface area contributed by atoms with Crippen molar-refractivity contribution in [3.8, 4) is 17.2 Å². The molecule has 0 saturated carbocycles. The molecule has 140 valence electrons. The van der Waals surface area contributed by atoms with E-state index in [0.29, 0.717) is 10.5 Å². The fraction of sp³-hybridized carbons (Fsp3) is 0.412. The Bertz CT molecular complexity index is 905. The molecule has 1 N–H and O–H groups in total. The van der Waals surface area contributed by atoms with Gasteiger partial charge in [0.05, 0.1) is 5.69 Å². The van der Waals surface area contributed by atoms with Gasteiger partial charge in [-0.3, -0.25) is 4.57 Å². The van der Waals surface area contributed by atoms with Crippen LogP contribution < -0.4 is 19.6 Å². The number of aryl methyl sites for hydroxylation is 1. The van der Waals surface area contributed by atoms with Crippen molar-refractivity contribution in [1.82, 2.24) is 9.88 Å². The molecular weight excluding hydrogens is 364 g/mol. The molecule has 6 nitrogen and oxygen atoms in total. The van der Waals surface area contributed by atoms with Gasteiger partial charge >= 0.3 is 12.3 Å². The molecule has 0 bridgehead atoms. The van der Waals surface area contributed by atoms with Crippen molar-refractivity contribution in [1.29, 1.82) is 0 Å².